The number of fused-ring (bicyclic) bond motifs is 1. The predicted molar refractivity (Wildman–Crippen MR) is 92.7 cm³/mol. The lowest BCUT2D eigenvalue weighted by Crippen LogP contribution is -2.46. The number of hydrogen-bond donors (Lipinski definition) is 1. The average Bonchev–Trinajstić information content (AvgIpc) is 2.93. The summed E-state index contributed by atoms with van der Waals surface area (Å²) in [6, 6.07) is 5.73. The van der Waals surface area contributed by atoms with Gasteiger partial charge in [-0.3, -0.25) is 10.1 Å². The van der Waals surface area contributed by atoms with Crippen LogP contribution in [0.1, 0.15) is 12.8 Å². The van der Waals surface area contributed by atoms with Crippen molar-refractivity contribution in [1.82, 2.24) is 20.2 Å². The fourth-order valence-electron chi connectivity index (χ4n) is 3.29. The Morgan fingerprint density at radius 1 is 1.21 bits per heavy atom. The van der Waals surface area contributed by atoms with Crippen molar-refractivity contribution in [3.05, 3.63) is 28.9 Å². The highest BCUT2D eigenvalue weighted by atomic mass is 79.9. The molecule has 3 amide bonds. The monoisotopic (exact) mass is 389 g/mol. The number of carbonyl (C=O) groups is 2. The molecule has 0 unspecified atom stereocenters. The first-order chi connectivity index (χ1) is 11.6. The van der Waals surface area contributed by atoms with E-state index in [0.29, 0.717) is 5.95 Å². The molecule has 4 rings (SSSR count). The lowest BCUT2D eigenvalue weighted by atomic mass is 10.0. The van der Waals surface area contributed by atoms with Gasteiger partial charge in [0.2, 0.25) is 11.9 Å². The van der Waals surface area contributed by atoms with Gasteiger partial charge in [-0.2, -0.15) is 0 Å². The topological polar surface area (TPSA) is 78.4 Å². The molecule has 1 N–H and O–H groups in total. The molecule has 3 heterocycles. The molecule has 7 nitrogen and oxygen atoms in total. The molecule has 24 heavy (non-hydrogen) atoms. The Kier molecular flexibility index (Phi) is 3.84. The number of halogens is 1. The van der Waals surface area contributed by atoms with E-state index >= 15 is 0 Å². The fraction of sp³-hybridized carbons (Fsp3) is 0.375. The number of nitrogens with one attached hydrogen (secondary N) is 1. The van der Waals surface area contributed by atoms with Gasteiger partial charge in [-0.15, -0.1) is 0 Å². The van der Waals surface area contributed by atoms with Crippen LogP contribution in [0, 0.1) is 0 Å². The number of nitrogens with zero attached hydrogens (tertiary/aromatic N) is 4. The minimum atomic E-state index is -0.273. The molecular weight excluding hydrogens is 374 g/mol. The van der Waals surface area contributed by atoms with Gasteiger partial charge >= 0.3 is 6.03 Å². The number of amides is 3. The number of imide groups is 1. The summed E-state index contributed by atoms with van der Waals surface area (Å²) in [6.07, 6.45) is 3.45. The molecule has 124 valence electrons. The lowest BCUT2D eigenvalue weighted by Gasteiger charge is -2.35. The molecule has 2 fully saturated rings. The number of carbonyl (C=O) groups excluding carboxylic acids is 2. The second kappa shape index (κ2) is 6.01. The minimum Gasteiger partial charge on any atom is -0.341 e. The molecule has 1 aromatic heterocycles. The van der Waals surface area contributed by atoms with Crippen molar-refractivity contribution < 1.29 is 9.59 Å². The van der Waals surface area contributed by atoms with Crippen LogP contribution in [0.5, 0.6) is 0 Å². The van der Waals surface area contributed by atoms with E-state index in [9.17, 15) is 9.59 Å². The van der Waals surface area contributed by atoms with Crippen LogP contribution in [0.25, 0.3) is 10.9 Å². The summed E-state index contributed by atoms with van der Waals surface area (Å²) in [5, 5.41) is 3.33. The normalized spacial score (nSPS) is 19.2. The van der Waals surface area contributed by atoms with Crippen LogP contribution in [0.3, 0.4) is 0 Å². The largest absolute Gasteiger partial charge is 0.341 e. The highest BCUT2D eigenvalue weighted by Gasteiger charge is 2.34. The SMILES string of the molecule is O=C1CN(C2CCN(c3ncc4c(Br)cccc4n3)CC2)C(=O)N1. The van der Waals surface area contributed by atoms with Crippen LogP contribution in [0.4, 0.5) is 10.7 Å². The first-order valence-electron chi connectivity index (χ1n) is 7.88. The maximum Gasteiger partial charge on any atom is 0.324 e. The quantitative estimate of drug-likeness (QED) is 0.793. The molecule has 1 aromatic carbocycles. The van der Waals surface area contributed by atoms with Crippen LogP contribution in [0.15, 0.2) is 28.9 Å². The van der Waals surface area contributed by atoms with Crippen molar-refractivity contribution >= 4 is 44.7 Å². The maximum absolute atomic E-state index is 11.8. The van der Waals surface area contributed by atoms with E-state index in [0.717, 1.165) is 41.3 Å². The van der Waals surface area contributed by atoms with Crippen molar-refractivity contribution in [2.75, 3.05) is 24.5 Å². The van der Waals surface area contributed by atoms with E-state index < -0.39 is 0 Å². The molecule has 2 saturated heterocycles. The van der Waals surface area contributed by atoms with Crippen LogP contribution in [-0.4, -0.2) is 52.5 Å². The highest BCUT2D eigenvalue weighted by molar-refractivity contribution is 9.10. The molecule has 0 saturated carbocycles. The van der Waals surface area contributed by atoms with E-state index in [1.54, 1.807) is 4.90 Å². The van der Waals surface area contributed by atoms with E-state index in [4.69, 9.17) is 0 Å². The van der Waals surface area contributed by atoms with Crippen LogP contribution in [0.2, 0.25) is 0 Å². The van der Waals surface area contributed by atoms with Gasteiger partial charge < -0.3 is 9.80 Å². The summed E-state index contributed by atoms with van der Waals surface area (Å²) in [7, 11) is 0. The Labute approximate surface area is 147 Å². The number of piperidine rings is 1. The fourth-order valence-corrected chi connectivity index (χ4v) is 3.75. The van der Waals surface area contributed by atoms with Crippen molar-refractivity contribution in [2.24, 2.45) is 0 Å². The molecule has 0 aliphatic carbocycles. The van der Waals surface area contributed by atoms with E-state index in [2.05, 4.69) is 36.1 Å². The number of aromatic nitrogens is 2. The Hall–Kier alpha value is -2.22. The van der Waals surface area contributed by atoms with Gasteiger partial charge in [0.05, 0.1) is 5.52 Å². The summed E-state index contributed by atoms with van der Waals surface area (Å²) >= 11 is 3.51. The molecule has 0 spiro atoms. The number of hydrogen-bond acceptors (Lipinski definition) is 5. The third-order valence-corrected chi connectivity index (χ3v) is 5.26. The van der Waals surface area contributed by atoms with Crippen molar-refractivity contribution in [3.63, 3.8) is 0 Å². The first kappa shape index (κ1) is 15.3. The van der Waals surface area contributed by atoms with Gasteiger partial charge in [-0.25, -0.2) is 14.8 Å². The summed E-state index contributed by atoms with van der Waals surface area (Å²) in [6.45, 7) is 1.70. The molecular formula is C16H16BrN5O2. The second-order valence-corrected chi connectivity index (χ2v) is 6.90. The zero-order chi connectivity index (χ0) is 16.7. The van der Waals surface area contributed by atoms with E-state index in [-0.39, 0.29) is 24.5 Å². The van der Waals surface area contributed by atoms with E-state index in [1.165, 1.54) is 0 Å². The van der Waals surface area contributed by atoms with Crippen LogP contribution in [-0.2, 0) is 4.79 Å². The summed E-state index contributed by atoms with van der Waals surface area (Å²) in [4.78, 5) is 36.0. The average molecular weight is 390 g/mol. The smallest absolute Gasteiger partial charge is 0.324 e. The van der Waals surface area contributed by atoms with Gasteiger partial charge in [0.25, 0.3) is 0 Å². The Morgan fingerprint density at radius 3 is 2.71 bits per heavy atom. The Bertz CT molecular complexity index is 819. The third-order valence-electron chi connectivity index (χ3n) is 4.57. The number of rotatable bonds is 2. The highest BCUT2D eigenvalue weighted by Crippen LogP contribution is 2.25. The van der Waals surface area contributed by atoms with Gasteiger partial charge in [-0.1, -0.05) is 22.0 Å². The third kappa shape index (κ3) is 2.71. The number of benzene rings is 1. The maximum atomic E-state index is 11.8. The number of urea groups is 1. The van der Waals surface area contributed by atoms with Crippen LogP contribution >= 0.6 is 15.9 Å². The van der Waals surface area contributed by atoms with E-state index in [1.807, 2.05) is 24.4 Å². The zero-order valence-electron chi connectivity index (χ0n) is 12.9. The summed E-state index contributed by atoms with van der Waals surface area (Å²) in [5.74, 6) is 0.492. The summed E-state index contributed by atoms with van der Waals surface area (Å²) in [5.41, 5.74) is 0.904. The van der Waals surface area contributed by atoms with Crippen molar-refractivity contribution in [3.8, 4) is 0 Å². The summed E-state index contributed by atoms with van der Waals surface area (Å²) < 4.78 is 0.981. The Morgan fingerprint density at radius 2 is 2.00 bits per heavy atom. The standard InChI is InChI=1S/C16H16BrN5O2/c17-12-2-1-3-13-11(12)8-18-15(19-13)21-6-4-10(5-7-21)22-9-14(23)20-16(22)24/h1-3,8,10H,4-7,9H2,(H,20,23,24). The molecule has 0 atom stereocenters. The molecule has 0 radical (unpaired) electrons. The van der Waals surface area contributed by atoms with Crippen molar-refractivity contribution in [2.45, 2.75) is 18.9 Å². The van der Waals surface area contributed by atoms with Gasteiger partial charge in [0.1, 0.15) is 6.54 Å². The minimum absolute atomic E-state index is 0.0994. The Balaban J connectivity index is 1.48. The zero-order valence-corrected chi connectivity index (χ0v) is 14.5. The van der Waals surface area contributed by atoms with Gasteiger partial charge in [0, 0.05) is 35.2 Å². The predicted octanol–water partition coefficient (Wildman–Crippen LogP) is 1.91. The molecule has 2 aliphatic rings. The van der Waals surface area contributed by atoms with Gasteiger partial charge in [0.15, 0.2) is 0 Å². The molecule has 2 aliphatic heterocycles. The first-order valence-corrected chi connectivity index (χ1v) is 8.68. The van der Waals surface area contributed by atoms with Gasteiger partial charge in [-0.05, 0) is 25.0 Å². The lowest BCUT2D eigenvalue weighted by molar-refractivity contribution is -0.118. The molecule has 8 heteroatoms. The molecule has 2 aromatic rings. The second-order valence-electron chi connectivity index (χ2n) is 6.04. The van der Waals surface area contributed by atoms with Crippen LogP contribution < -0.4 is 10.2 Å². The molecule has 0 bridgehead atoms. The van der Waals surface area contributed by atoms with Crippen molar-refractivity contribution in [1.29, 1.82) is 0 Å². The number of anilines is 1.